The number of hydrogen-bond acceptors (Lipinski definition) is 4. The molecule has 0 radical (unpaired) electrons. The first-order valence-electron chi connectivity index (χ1n) is 7.03. The fourth-order valence-electron chi connectivity index (χ4n) is 2.66. The average Bonchev–Trinajstić information content (AvgIpc) is 2.33. The van der Waals surface area contributed by atoms with Gasteiger partial charge in [-0.05, 0) is 45.1 Å². The number of unbranched alkanes of at least 4 members (excludes halogenated alkanes) is 2. The van der Waals surface area contributed by atoms with Crippen LogP contribution in [0.25, 0.3) is 0 Å². The standard InChI is InChI=1S/C13H27NO3S/c1-14-13-9-7-12(8-10-13)6-4-3-5-11-17-18(2,15)16/h12-14H,3-11H2,1-2H3. The summed E-state index contributed by atoms with van der Waals surface area (Å²) in [6.45, 7) is 0.339. The van der Waals surface area contributed by atoms with Gasteiger partial charge in [0.1, 0.15) is 0 Å². The van der Waals surface area contributed by atoms with E-state index in [9.17, 15) is 8.42 Å². The van der Waals surface area contributed by atoms with Gasteiger partial charge in [0.25, 0.3) is 10.1 Å². The van der Waals surface area contributed by atoms with Crippen LogP contribution in [0.2, 0.25) is 0 Å². The Labute approximate surface area is 112 Å². The lowest BCUT2D eigenvalue weighted by atomic mass is 9.83. The van der Waals surface area contributed by atoms with Crippen molar-refractivity contribution >= 4 is 10.1 Å². The normalized spacial score (nSPS) is 25.2. The van der Waals surface area contributed by atoms with Gasteiger partial charge in [-0.1, -0.05) is 19.3 Å². The van der Waals surface area contributed by atoms with E-state index in [4.69, 9.17) is 4.18 Å². The first kappa shape index (κ1) is 15.9. The molecule has 0 amide bonds. The van der Waals surface area contributed by atoms with Crippen molar-refractivity contribution in [2.45, 2.75) is 57.4 Å². The molecule has 0 heterocycles. The molecule has 0 aromatic heterocycles. The van der Waals surface area contributed by atoms with Gasteiger partial charge in [0.2, 0.25) is 0 Å². The molecule has 1 aliphatic carbocycles. The first-order valence-corrected chi connectivity index (χ1v) is 8.84. The van der Waals surface area contributed by atoms with E-state index in [1.54, 1.807) is 0 Å². The average molecular weight is 277 g/mol. The van der Waals surface area contributed by atoms with Gasteiger partial charge in [0.15, 0.2) is 0 Å². The Kier molecular flexibility index (Phi) is 7.19. The highest BCUT2D eigenvalue weighted by atomic mass is 32.2. The van der Waals surface area contributed by atoms with E-state index in [-0.39, 0.29) is 0 Å². The second kappa shape index (κ2) is 8.12. The summed E-state index contributed by atoms with van der Waals surface area (Å²) in [4.78, 5) is 0. The molecular weight excluding hydrogens is 250 g/mol. The Hall–Kier alpha value is -0.130. The Morgan fingerprint density at radius 2 is 1.78 bits per heavy atom. The zero-order chi connectivity index (χ0) is 13.4. The zero-order valence-electron chi connectivity index (χ0n) is 11.7. The molecule has 1 rings (SSSR count). The van der Waals surface area contributed by atoms with Gasteiger partial charge in [-0.2, -0.15) is 8.42 Å². The van der Waals surface area contributed by atoms with E-state index in [1.807, 2.05) is 7.05 Å². The molecule has 0 aromatic carbocycles. The Bertz CT molecular complexity index is 308. The van der Waals surface area contributed by atoms with Crippen molar-refractivity contribution in [3.63, 3.8) is 0 Å². The minimum Gasteiger partial charge on any atom is -0.317 e. The zero-order valence-corrected chi connectivity index (χ0v) is 12.5. The molecule has 0 atom stereocenters. The Balaban J connectivity index is 1.96. The lowest BCUT2D eigenvalue weighted by Crippen LogP contribution is -2.30. The van der Waals surface area contributed by atoms with Crippen molar-refractivity contribution in [1.82, 2.24) is 5.32 Å². The van der Waals surface area contributed by atoms with Crippen LogP contribution in [0, 0.1) is 5.92 Å². The van der Waals surface area contributed by atoms with Gasteiger partial charge in [-0.3, -0.25) is 4.18 Å². The summed E-state index contributed by atoms with van der Waals surface area (Å²) in [5.74, 6) is 0.880. The van der Waals surface area contributed by atoms with Crippen LogP contribution in [-0.2, 0) is 14.3 Å². The maximum absolute atomic E-state index is 10.7. The van der Waals surface area contributed by atoms with E-state index in [0.29, 0.717) is 6.61 Å². The maximum atomic E-state index is 10.7. The van der Waals surface area contributed by atoms with Crippen LogP contribution in [0.3, 0.4) is 0 Å². The third-order valence-electron chi connectivity index (χ3n) is 3.81. The Morgan fingerprint density at radius 1 is 1.11 bits per heavy atom. The van der Waals surface area contributed by atoms with Crippen molar-refractivity contribution in [3.8, 4) is 0 Å². The highest BCUT2D eigenvalue weighted by Crippen LogP contribution is 2.28. The summed E-state index contributed by atoms with van der Waals surface area (Å²) in [7, 11) is -1.20. The van der Waals surface area contributed by atoms with Crippen molar-refractivity contribution in [2.24, 2.45) is 5.92 Å². The molecule has 0 unspecified atom stereocenters. The molecule has 0 bridgehead atoms. The number of hydrogen-bond donors (Lipinski definition) is 1. The van der Waals surface area contributed by atoms with Crippen LogP contribution < -0.4 is 5.32 Å². The van der Waals surface area contributed by atoms with Crippen LogP contribution in [0.15, 0.2) is 0 Å². The maximum Gasteiger partial charge on any atom is 0.264 e. The predicted molar refractivity (Wildman–Crippen MR) is 74.1 cm³/mol. The van der Waals surface area contributed by atoms with Gasteiger partial charge in [0.05, 0.1) is 12.9 Å². The molecule has 18 heavy (non-hydrogen) atoms. The predicted octanol–water partition coefficient (Wildman–Crippen LogP) is 2.30. The van der Waals surface area contributed by atoms with Crippen LogP contribution in [0.5, 0.6) is 0 Å². The highest BCUT2D eigenvalue weighted by Gasteiger charge is 2.19. The molecule has 0 saturated heterocycles. The summed E-state index contributed by atoms with van der Waals surface area (Å²) in [5.41, 5.74) is 0. The molecular formula is C13H27NO3S. The first-order chi connectivity index (χ1) is 8.51. The fraction of sp³-hybridized carbons (Fsp3) is 1.00. The molecule has 1 fully saturated rings. The molecule has 4 nitrogen and oxygen atoms in total. The lowest BCUT2D eigenvalue weighted by molar-refractivity contribution is 0.274. The van der Waals surface area contributed by atoms with Crippen LogP contribution in [0.4, 0.5) is 0 Å². The summed E-state index contributed by atoms with van der Waals surface area (Å²) in [5, 5.41) is 3.35. The molecule has 5 heteroatoms. The van der Waals surface area contributed by atoms with Crippen LogP contribution >= 0.6 is 0 Å². The second-order valence-electron chi connectivity index (χ2n) is 5.38. The van der Waals surface area contributed by atoms with Crippen LogP contribution in [0.1, 0.15) is 51.4 Å². The van der Waals surface area contributed by atoms with Gasteiger partial charge >= 0.3 is 0 Å². The molecule has 0 aliphatic heterocycles. The summed E-state index contributed by atoms with van der Waals surface area (Å²) in [6.07, 6.45) is 10.8. The van der Waals surface area contributed by atoms with Gasteiger partial charge in [-0.15, -0.1) is 0 Å². The van der Waals surface area contributed by atoms with E-state index in [0.717, 1.165) is 31.1 Å². The third-order valence-corrected chi connectivity index (χ3v) is 4.40. The molecule has 1 N–H and O–H groups in total. The Morgan fingerprint density at radius 3 is 2.33 bits per heavy atom. The minimum absolute atomic E-state index is 0.339. The van der Waals surface area contributed by atoms with Gasteiger partial charge in [-0.25, -0.2) is 0 Å². The lowest BCUT2D eigenvalue weighted by Gasteiger charge is -2.28. The minimum atomic E-state index is -3.25. The summed E-state index contributed by atoms with van der Waals surface area (Å²) >= 11 is 0. The van der Waals surface area contributed by atoms with Crippen LogP contribution in [-0.4, -0.2) is 34.4 Å². The molecule has 0 spiro atoms. The van der Waals surface area contributed by atoms with E-state index < -0.39 is 10.1 Å². The monoisotopic (exact) mass is 277 g/mol. The quantitative estimate of drug-likeness (QED) is 0.546. The van der Waals surface area contributed by atoms with Crippen molar-refractivity contribution < 1.29 is 12.6 Å². The summed E-state index contributed by atoms with van der Waals surface area (Å²) < 4.78 is 26.2. The smallest absolute Gasteiger partial charge is 0.264 e. The fourth-order valence-corrected chi connectivity index (χ4v) is 3.08. The largest absolute Gasteiger partial charge is 0.317 e. The van der Waals surface area contributed by atoms with Crippen molar-refractivity contribution in [1.29, 1.82) is 0 Å². The van der Waals surface area contributed by atoms with E-state index in [2.05, 4.69) is 5.32 Å². The SMILES string of the molecule is CNC1CCC(CCCCCOS(C)(=O)=O)CC1. The number of rotatable bonds is 8. The van der Waals surface area contributed by atoms with Gasteiger partial charge < -0.3 is 5.32 Å². The topological polar surface area (TPSA) is 55.4 Å². The van der Waals surface area contributed by atoms with Gasteiger partial charge in [0, 0.05) is 6.04 Å². The summed E-state index contributed by atoms with van der Waals surface area (Å²) in [6, 6.07) is 0.726. The highest BCUT2D eigenvalue weighted by molar-refractivity contribution is 7.85. The van der Waals surface area contributed by atoms with E-state index in [1.165, 1.54) is 38.5 Å². The molecule has 1 aliphatic rings. The van der Waals surface area contributed by atoms with E-state index >= 15 is 0 Å². The van der Waals surface area contributed by atoms with Crippen molar-refractivity contribution in [2.75, 3.05) is 19.9 Å². The number of nitrogens with one attached hydrogen (secondary N) is 1. The third kappa shape index (κ3) is 7.34. The molecule has 1 saturated carbocycles. The second-order valence-corrected chi connectivity index (χ2v) is 7.03. The molecule has 108 valence electrons. The van der Waals surface area contributed by atoms with Crippen molar-refractivity contribution in [3.05, 3.63) is 0 Å². The molecule has 0 aromatic rings.